The third-order valence-corrected chi connectivity index (χ3v) is 14.7. The van der Waals surface area contributed by atoms with Crippen LogP contribution >= 0.6 is 0 Å². The summed E-state index contributed by atoms with van der Waals surface area (Å²) in [5, 5.41) is 21.0. The highest BCUT2D eigenvalue weighted by molar-refractivity contribution is 5.84. The maximum Gasteiger partial charge on any atom is 0.258 e. The average molecular weight is 899 g/mol. The number of carbonyl (C=O) groups is 2. The monoisotopic (exact) mass is 898 g/mol. The second-order valence-electron chi connectivity index (χ2n) is 18.2. The molecular weight excluding hydrogens is 837 g/mol. The van der Waals surface area contributed by atoms with Crippen molar-refractivity contribution in [3.8, 4) is 0 Å². The second kappa shape index (κ2) is 20.2. The van der Waals surface area contributed by atoms with Crippen molar-refractivity contribution in [1.29, 1.82) is 0 Å². The van der Waals surface area contributed by atoms with Gasteiger partial charge in [0.1, 0.15) is 0 Å². The van der Waals surface area contributed by atoms with Crippen molar-refractivity contribution in [2.75, 3.05) is 65.8 Å². The fourth-order valence-corrected chi connectivity index (χ4v) is 11.7. The van der Waals surface area contributed by atoms with E-state index in [1.807, 2.05) is 118 Å². The average Bonchev–Trinajstić information content (AvgIpc) is 4.09. The number of aliphatic hydroxyl groups is 2. The molecule has 0 saturated carbocycles. The first kappa shape index (κ1) is 45.7. The first-order valence-electron chi connectivity index (χ1n) is 23.5. The smallest absolute Gasteiger partial charge is 0.258 e. The molecule has 0 bridgehead atoms. The highest BCUT2D eigenvalue weighted by Crippen LogP contribution is 2.51. The number of ether oxygens (including phenoxy) is 2. The van der Waals surface area contributed by atoms with Crippen LogP contribution in [0.2, 0.25) is 0 Å². The van der Waals surface area contributed by atoms with Gasteiger partial charge in [0.15, 0.2) is 0 Å². The fourth-order valence-electron chi connectivity index (χ4n) is 11.7. The zero-order valence-corrected chi connectivity index (χ0v) is 37.9. The number of hydrogen-bond acceptors (Lipinski definition) is 10. The van der Waals surface area contributed by atoms with E-state index in [0.29, 0.717) is 89.9 Å². The van der Waals surface area contributed by atoms with Gasteiger partial charge >= 0.3 is 0 Å². The Balaban J connectivity index is 0.000000166. The minimum Gasteiger partial charge on any atom is -0.396 e. The summed E-state index contributed by atoms with van der Waals surface area (Å²) in [4.78, 5) is 62.0. The van der Waals surface area contributed by atoms with Crippen molar-refractivity contribution >= 4 is 24.0 Å². The second-order valence-corrected chi connectivity index (χ2v) is 18.2. The van der Waals surface area contributed by atoms with Gasteiger partial charge in [0.25, 0.3) is 11.1 Å². The summed E-state index contributed by atoms with van der Waals surface area (Å²) in [5.41, 5.74) is 5.41. The van der Waals surface area contributed by atoms with Crippen LogP contribution in [0.5, 0.6) is 0 Å². The molecule has 0 radical (unpaired) electrons. The summed E-state index contributed by atoms with van der Waals surface area (Å²) in [6.07, 6.45) is 7.41. The highest BCUT2D eigenvalue weighted by Gasteiger charge is 2.57. The number of pyridine rings is 2. The van der Waals surface area contributed by atoms with E-state index in [9.17, 15) is 29.4 Å². The Morgan fingerprint density at radius 3 is 1.30 bits per heavy atom. The third kappa shape index (κ3) is 8.55. The molecule has 2 N–H and O–H groups in total. The van der Waals surface area contributed by atoms with Gasteiger partial charge in [0.2, 0.25) is 11.8 Å². The van der Waals surface area contributed by atoms with Gasteiger partial charge in [0, 0.05) is 112 Å². The molecule has 2 amide bonds. The molecular formula is C52H62N6O8. The summed E-state index contributed by atoms with van der Waals surface area (Å²) in [5.74, 6) is -0.356. The van der Waals surface area contributed by atoms with Crippen molar-refractivity contribution in [1.82, 2.24) is 28.7 Å². The molecule has 6 aliphatic rings. The summed E-state index contributed by atoms with van der Waals surface area (Å²) < 4.78 is 14.6. The number of carbonyl (C=O) groups excluding carboxylic acids is 2. The lowest BCUT2D eigenvalue weighted by atomic mass is 9.88. The number of aromatic nitrogens is 2. The molecule has 14 nitrogen and oxygen atoms in total. The molecule has 14 heteroatoms. The molecule has 0 unspecified atom stereocenters. The van der Waals surface area contributed by atoms with Crippen LogP contribution in [-0.2, 0) is 45.2 Å². The summed E-state index contributed by atoms with van der Waals surface area (Å²) >= 11 is 0. The van der Waals surface area contributed by atoms with Crippen molar-refractivity contribution in [2.24, 2.45) is 23.7 Å². The number of likely N-dealkylation sites (tertiary alicyclic amines) is 2. The molecule has 2 aromatic heterocycles. The maximum atomic E-state index is 13.8. The molecule has 6 aliphatic heterocycles. The van der Waals surface area contributed by atoms with E-state index in [1.54, 1.807) is 0 Å². The Hall–Kier alpha value is -5.48. The zero-order chi connectivity index (χ0) is 45.9. The van der Waals surface area contributed by atoms with Gasteiger partial charge in [-0.05, 0) is 49.2 Å². The molecule has 8 heterocycles. The van der Waals surface area contributed by atoms with Gasteiger partial charge in [0.05, 0.1) is 50.6 Å². The van der Waals surface area contributed by atoms with Crippen LogP contribution in [0.4, 0.5) is 0 Å². The van der Waals surface area contributed by atoms with Gasteiger partial charge in [-0.1, -0.05) is 85.0 Å². The van der Waals surface area contributed by atoms with Crippen LogP contribution in [-0.4, -0.2) is 129 Å². The molecule has 4 fully saturated rings. The van der Waals surface area contributed by atoms with Crippen LogP contribution in [0.3, 0.4) is 0 Å². The number of benzene rings is 2. The molecule has 4 aromatic rings. The highest BCUT2D eigenvalue weighted by atomic mass is 16.5. The fraction of sp³-hybridized carbons (Fsp3) is 0.462. The Kier molecular flexibility index (Phi) is 14.0. The number of allylic oxidation sites excluding steroid dienone is 2. The minimum atomic E-state index is -0.428. The lowest BCUT2D eigenvalue weighted by molar-refractivity contribution is -0.143. The number of rotatable bonds is 10. The quantitative estimate of drug-likeness (QED) is 0.241. The molecule has 66 heavy (non-hydrogen) atoms. The summed E-state index contributed by atoms with van der Waals surface area (Å²) in [7, 11) is 0. The SMILES string of the molecule is C/C=C/c1ccc2n(c1=O)C[C@H]1[C@H](CO)[C@@H](C(=O)N3CCOCC3)N(Cc3ccccc3)[C@@H]21.C/C=C\c1ccc2n(c1=O)C[C@H]1[C@H](CO)[C@@H](C(=O)N3CCOCC3)N(Cc3ccccc3)[C@@H]21. The van der Waals surface area contributed by atoms with Crippen molar-refractivity contribution in [2.45, 2.75) is 64.2 Å². The molecule has 10 rings (SSSR count). The van der Waals surface area contributed by atoms with E-state index in [4.69, 9.17) is 9.47 Å². The predicted octanol–water partition coefficient (Wildman–Crippen LogP) is 3.81. The maximum absolute atomic E-state index is 13.8. The van der Waals surface area contributed by atoms with Crippen molar-refractivity contribution < 1.29 is 29.3 Å². The first-order chi connectivity index (χ1) is 32.3. The van der Waals surface area contributed by atoms with E-state index in [2.05, 4.69) is 34.1 Å². The molecule has 348 valence electrons. The van der Waals surface area contributed by atoms with Crippen molar-refractivity contribution in [3.63, 3.8) is 0 Å². The first-order valence-corrected chi connectivity index (χ1v) is 23.5. The van der Waals surface area contributed by atoms with E-state index in [-0.39, 0.29) is 71.9 Å². The lowest BCUT2D eigenvalue weighted by Gasteiger charge is -2.36. The van der Waals surface area contributed by atoms with Crippen LogP contribution in [0.25, 0.3) is 12.2 Å². The molecule has 2 aromatic carbocycles. The Morgan fingerprint density at radius 2 is 0.955 bits per heavy atom. The predicted molar refractivity (Wildman–Crippen MR) is 251 cm³/mol. The van der Waals surface area contributed by atoms with Gasteiger partial charge < -0.3 is 38.6 Å². The molecule has 0 spiro atoms. The van der Waals surface area contributed by atoms with Gasteiger partial charge in [-0.3, -0.25) is 29.0 Å². The Bertz CT molecular complexity index is 2360. The number of aliphatic hydroxyl groups excluding tert-OH is 2. The number of fused-ring (bicyclic) bond motifs is 6. The van der Waals surface area contributed by atoms with Crippen LogP contribution in [0.1, 0.15) is 59.6 Å². The summed E-state index contributed by atoms with van der Waals surface area (Å²) in [6, 6.07) is 27.0. The van der Waals surface area contributed by atoms with Crippen molar-refractivity contribution in [3.05, 3.63) is 151 Å². The van der Waals surface area contributed by atoms with Gasteiger partial charge in [-0.15, -0.1) is 0 Å². The topological polar surface area (TPSA) is 150 Å². The molecule has 4 saturated heterocycles. The van der Waals surface area contributed by atoms with Gasteiger partial charge in [-0.25, -0.2) is 0 Å². The number of nitrogens with zero attached hydrogens (tertiary/aromatic N) is 6. The van der Waals surface area contributed by atoms with Crippen LogP contribution in [0, 0.1) is 23.7 Å². The van der Waals surface area contributed by atoms with Crippen LogP contribution < -0.4 is 11.1 Å². The largest absolute Gasteiger partial charge is 0.396 e. The molecule has 0 aliphatic carbocycles. The normalized spacial score (nSPS) is 27.2. The van der Waals surface area contributed by atoms with E-state index >= 15 is 0 Å². The summed E-state index contributed by atoms with van der Waals surface area (Å²) in [6.45, 7) is 10.3. The number of hydrogen-bond donors (Lipinski definition) is 2. The number of morpholine rings is 2. The Labute approximate surface area is 386 Å². The third-order valence-electron chi connectivity index (χ3n) is 14.7. The molecule has 8 atom stereocenters. The Morgan fingerprint density at radius 1 is 0.576 bits per heavy atom. The minimum absolute atomic E-state index is 0.00209. The van der Waals surface area contributed by atoms with Crippen LogP contribution in [0.15, 0.2) is 107 Å². The standard InChI is InChI=1S/2C26H31N3O4/c2*1-2-6-19-9-10-22-23-20(16-28(22)25(19)31)21(17-30)24(26(32)27-11-13-33-14-12-27)29(23)15-18-7-4-3-5-8-18/h2*2-10,20-21,23-24,30H,11-17H2,1H3/b6-2+;6-2-/t2*20-,21-,23+,24-/m00/s1. The van der Waals surface area contributed by atoms with E-state index < -0.39 is 12.1 Å². The lowest BCUT2D eigenvalue weighted by Crippen LogP contribution is -2.52. The number of amides is 2. The van der Waals surface area contributed by atoms with Gasteiger partial charge in [-0.2, -0.15) is 0 Å². The van der Waals surface area contributed by atoms with E-state index in [0.717, 1.165) is 22.5 Å². The van der Waals surface area contributed by atoms with E-state index in [1.165, 1.54) is 0 Å². The zero-order valence-electron chi connectivity index (χ0n) is 37.9.